The van der Waals surface area contributed by atoms with Crippen molar-refractivity contribution in [3.63, 3.8) is 0 Å². The monoisotopic (exact) mass is 262 g/mol. The second kappa shape index (κ2) is 7.04. The molecule has 1 aromatic rings. The highest BCUT2D eigenvalue weighted by Crippen LogP contribution is 2.24. The number of hydrogen-bond donors (Lipinski definition) is 1. The highest BCUT2D eigenvalue weighted by Gasteiger charge is 2.30. The van der Waals surface area contributed by atoms with Gasteiger partial charge in [0.15, 0.2) is 0 Å². The molecule has 1 fully saturated rings. The van der Waals surface area contributed by atoms with Crippen LogP contribution in [0.1, 0.15) is 31.9 Å². The van der Waals surface area contributed by atoms with E-state index in [0.717, 1.165) is 26.2 Å². The number of nitrogens with zero attached hydrogens (tertiary/aromatic N) is 1. The average molecular weight is 262 g/mol. The van der Waals surface area contributed by atoms with Crippen LogP contribution in [0.4, 0.5) is 0 Å². The number of benzene rings is 1. The number of rotatable bonds is 5. The van der Waals surface area contributed by atoms with Gasteiger partial charge in [0.1, 0.15) is 0 Å². The van der Waals surface area contributed by atoms with E-state index >= 15 is 0 Å². The molecule has 0 aliphatic carbocycles. The van der Waals surface area contributed by atoms with Crippen molar-refractivity contribution in [3.05, 3.63) is 35.9 Å². The van der Waals surface area contributed by atoms with Crippen LogP contribution >= 0.6 is 0 Å². The van der Waals surface area contributed by atoms with Crippen LogP contribution in [-0.4, -0.2) is 43.8 Å². The van der Waals surface area contributed by atoms with Gasteiger partial charge in [0.05, 0.1) is 13.2 Å². The summed E-state index contributed by atoms with van der Waals surface area (Å²) >= 11 is 0. The van der Waals surface area contributed by atoms with Crippen LogP contribution in [0.15, 0.2) is 30.3 Å². The Balaban J connectivity index is 2.13. The second-order valence-electron chi connectivity index (χ2n) is 5.29. The van der Waals surface area contributed by atoms with Crippen molar-refractivity contribution in [1.82, 2.24) is 10.2 Å². The summed E-state index contributed by atoms with van der Waals surface area (Å²) in [6, 6.07) is 12.1. The van der Waals surface area contributed by atoms with E-state index in [1.54, 1.807) is 0 Å². The van der Waals surface area contributed by atoms with Crippen molar-refractivity contribution in [1.29, 1.82) is 0 Å². The highest BCUT2D eigenvalue weighted by atomic mass is 16.5. The maximum absolute atomic E-state index is 5.61. The van der Waals surface area contributed by atoms with E-state index in [9.17, 15) is 0 Å². The standard InChI is InChI=1S/C16H26N2O/c1-4-15-12-19-11-10-18(15)13(2)16(17-3)14-8-6-5-7-9-14/h5-9,13,15-17H,4,10-12H2,1-3H3. The van der Waals surface area contributed by atoms with Gasteiger partial charge in [-0.2, -0.15) is 0 Å². The van der Waals surface area contributed by atoms with Crippen molar-refractivity contribution in [2.45, 2.75) is 38.4 Å². The Kier molecular flexibility index (Phi) is 5.37. The summed E-state index contributed by atoms with van der Waals surface area (Å²) in [6.07, 6.45) is 1.15. The number of ether oxygens (including phenoxy) is 1. The predicted molar refractivity (Wildman–Crippen MR) is 79.3 cm³/mol. The normalized spacial score (nSPS) is 24.1. The van der Waals surface area contributed by atoms with Crippen LogP contribution in [-0.2, 0) is 4.74 Å². The van der Waals surface area contributed by atoms with Gasteiger partial charge in [0.25, 0.3) is 0 Å². The minimum absolute atomic E-state index is 0.369. The average Bonchev–Trinajstić information content (AvgIpc) is 2.49. The zero-order valence-corrected chi connectivity index (χ0v) is 12.3. The quantitative estimate of drug-likeness (QED) is 0.882. The van der Waals surface area contributed by atoms with Crippen LogP contribution in [0.2, 0.25) is 0 Å². The first kappa shape index (κ1) is 14.5. The number of hydrogen-bond acceptors (Lipinski definition) is 3. The Bertz CT molecular complexity index is 368. The molecule has 3 nitrogen and oxygen atoms in total. The van der Waals surface area contributed by atoms with Crippen LogP contribution in [0, 0.1) is 0 Å². The first-order valence-electron chi connectivity index (χ1n) is 7.33. The van der Waals surface area contributed by atoms with Gasteiger partial charge in [0.2, 0.25) is 0 Å². The lowest BCUT2D eigenvalue weighted by molar-refractivity contribution is -0.0334. The lowest BCUT2D eigenvalue weighted by Crippen LogP contribution is -2.53. The smallest absolute Gasteiger partial charge is 0.0622 e. The molecule has 0 amide bonds. The highest BCUT2D eigenvalue weighted by molar-refractivity contribution is 5.20. The summed E-state index contributed by atoms with van der Waals surface area (Å²) in [5, 5.41) is 3.48. The molecule has 0 bridgehead atoms. The van der Waals surface area contributed by atoms with Gasteiger partial charge in [-0.1, -0.05) is 37.3 Å². The minimum Gasteiger partial charge on any atom is -0.378 e. The predicted octanol–water partition coefficient (Wildman–Crippen LogP) is 2.45. The molecule has 3 unspecified atom stereocenters. The molecule has 1 aliphatic heterocycles. The molecule has 0 spiro atoms. The molecule has 1 aliphatic rings. The fraction of sp³-hybridized carbons (Fsp3) is 0.625. The van der Waals surface area contributed by atoms with Gasteiger partial charge in [-0.3, -0.25) is 4.90 Å². The van der Waals surface area contributed by atoms with Crippen LogP contribution in [0.5, 0.6) is 0 Å². The summed E-state index contributed by atoms with van der Waals surface area (Å²) in [5.74, 6) is 0. The van der Waals surface area contributed by atoms with Gasteiger partial charge in [-0.15, -0.1) is 0 Å². The van der Waals surface area contributed by atoms with Crippen molar-refractivity contribution >= 4 is 0 Å². The van der Waals surface area contributed by atoms with Crippen molar-refractivity contribution in [2.75, 3.05) is 26.8 Å². The molecule has 3 atom stereocenters. The summed E-state index contributed by atoms with van der Waals surface area (Å²) < 4.78 is 5.61. The van der Waals surface area contributed by atoms with Crippen molar-refractivity contribution in [2.24, 2.45) is 0 Å². The van der Waals surface area contributed by atoms with E-state index in [1.165, 1.54) is 5.56 Å². The van der Waals surface area contributed by atoms with Gasteiger partial charge in [-0.25, -0.2) is 0 Å². The Hall–Kier alpha value is -0.900. The topological polar surface area (TPSA) is 24.5 Å². The molecule has 0 radical (unpaired) electrons. The third-order valence-corrected chi connectivity index (χ3v) is 4.22. The van der Waals surface area contributed by atoms with E-state index in [-0.39, 0.29) is 0 Å². The van der Waals surface area contributed by atoms with E-state index in [4.69, 9.17) is 4.74 Å². The molecule has 1 saturated heterocycles. The Morgan fingerprint density at radius 2 is 2.11 bits per heavy atom. The van der Waals surface area contributed by atoms with Crippen LogP contribution < -0.4 is 5.32 Å². The van der Waals surface area contributed by atoms with Gasteiger partial charge < -0.3 is 10.1 Å². The third kappa shape index (κ3) is 3.35. The molecule has 106 valence electrons. The SMILES string of the molecule is CCC1COCCN1C(C)C(NC)c1ccccc1. The zero-order valence-electron chi connectivity index (χ0n) is 12.3. The Morgan fingerprint density at radius 3 is 2.74 bits per heavy atom. The summed E-state index contributed by atoms with van der Waals surface area (Å²) in [5.41, 5.74) is 1.36. The Labute approximate surface area is 116 Å². The molecule has 2 rings (SSSR count). The molecule has 19 heavy (non-hydrogen) atoms. The molecule has 1 heterocycles. The maximum atomic E-state index is 5.61. The molecule has 0 aromatic heterocycles. The minimum atomic E-state index is 0.369. The fourth-order valence-electron chi connectivity index (χ4n) is 3.09. The lowest BCUT2D eigenvalue weighted by Gasteiger charge is -2.42. The van der Waals surface area contributed by atoms with E-state index in [2.05, 4.69) is 61.4 Å². The largest absolute Gasteiger partial charge is 0.378 e. The molecule has 1 aromatic carbocycles. The first-order valence-corrected chi connectivity index (χ1v) is 7.33. The lowest BCUT2D eigenvalue weighted by atomic mass is 9.97. The van der Waals surface area contributed by atoms with Crippen LogP contribution in [0.3, 0.4) is 0 Å². The van der Waals surface area contributed by atoms with Crippen molar-refractivity contribution < 1.29 is 4.74 Å². The number of nitrogens with one attached hydrogen (secondary N) is 1. The molecule has 0 saturated carbocycles. The first-order chi connectivity index (χ1) is 9.27. The van der Waals surface area contributed by atoms with E-state index in [0.29, 0.717) is 18.1 Å². The Morgan fingerprint density at radius 1 is 1.37 bits per heavy atom. The van der Waals surface area contributed by atoms with Crippen molar-refractivity contribution in [3.8, 4) is 0 Å². The van der Waals surface area contributed by atoms with Gasteiger partial charge in [-0.05, 0) is 26.0 Å². The summed E-state index contributed by atoms with van der Waals surface area (Å²) in [6.45, 7) is 7.32. The maximum Gasteiger partial charge on any atom is 0.0622 e. The van der Waals surface area contributed by atoms with E-state index in [1.807, 2.05) is 0 Å². The van der Waals surface area contributed by atoms with Gasteiger partial charge in [0, 0.05) is 24.7 Å². The molecule has 1 N–H and O–H groups in total. The number of likely N-dealkylation sites (N-methyl/N-ethyl adjacent to an activating group) is 1. The molecule has 3 heteroatoms. The van der Waals surface area contributed by atoms with E-state index < -0.39 is 0 Å². The molecular weight excluding hydrogens is 236 g/mol. The molecular formula is C16H26N2O. The third-order valence-electron chi connectivity index (χ3n) is 4.22. The number of morpholine rings is 1. The second-order valence-corrected chi connectivity index (χ2v) is 5.29. The van der Waals surface area contributed by atoms with Gasteiger partial charge >= 0.3 is 0 Å². The zero-order chi connectivity index (χ0) is 13.7. The fourth-order valence-corrected chi connectivity index (χ4v) is 3.09. The van der Waals surface area contributed by atoms with Crippen LogP contribution in [0.25, 0.3) is 0 Å². The summed E-state index contributed by atoms with van der Waals surface area (Å²) in [7, 11) is 2.05. The summed E-state index contributed by atoms with van der Waals surface area (Å²) in [4.78, 5) is 2.59.